The van der Waals surface area contributed by atoms with Gasteiger partial charge < -0.3 is 5.32 Å². The second-order valence-corrected chi connectivity index (χ2v) is 11.0. The van der Waals surface area contributed by atoms with E-state index in [1.54, 1.807) is 26.1 Å². The molecule has 1 amide bonds. The van der Waals surface area contributed by atoms with Gasteiger partial charge >= 0.3 is 0 Å². The van der Waals surface area contributed by atoms with Gasteiger partial charge in [-0.1, -0.05) is 19.3 Å². The number of nitrogens with zero attached hydrogens (tertiary/aromatic N) is 1. The molecule has 1 aromatic rings. The third-order valence-corrected chi connectivity index (χ3v) is 8.66. The van der Waals surface area contributed by atoms with Crippen molar-refractivity contribution in [3.8, 4) is 0 Å². The first kappa shape index (κ1) is 19.9. The lowest BCUT2D eigenvalue weighted by molar-refractivity contribution is -0.120. The lowest BCUT2D eigenvalue weighted by atomic mass is 9.96. The van der Waals surface area contributed by atoms with Gasteiger partial charge in [0.1, 0.15) is 4.33 Å². The second-order valence-electron chi connectivity index (χ2n) is 7.50. The molecular weight excluding hydrogens is 395 g/mol. The third-order valence-electron chi connectivity index (χ3n) is 5.64. The Morgan fingerprint density at radius 3 is 2.19 bits per heavy atom. The molecule has 0 bridgehead atoms. The zero-order valence-electron chi connectivity index (χ0n) is 15.0. The van der Waals surface area contributed by atoms with Gasteiger partial charge in [0.2, 0.25) is 15.9 Å². The number of alkyl halides is 2. The van der Waals surface area contributed by atoms with Crippen LogP contribution in [0.25, 0.3) is 0 Å². The summed E-state index contributed by atoms with van der Waals surface area (Å²) in [6.45, 7) is 1.71. The summed E-state index contributed by atoms with van der Waals surface area (Å²) < 4.78 is 26.1. The van der Waals surface area contributed by atoms with Crippen molar-refractivity contribution in [1.82, 2.24) is 4.31 Å². The Morgan fingerprint density at radius 2 is 1.69 bits per heavy atom. The number of hydrogen-bond acceptors (Lipinski definition) is 3. The van der Waals surface area contributed by atoms with Gasteiger partial charge in [-0.05, 0) is 50.5 Å². The molecule has 5 nitrogen and oxygen atoms in total. The van der Waals surface area contributed by atoms with E-state index in [9.17, 15) is 13.2 Å². The number of amides is 1. The summed E-state index contributed by atoms with van der Waals surface area (Å²) in [6.07, 6.45) is 5.51. The zero-order valence-corrected chi connectivity index (χ0v) is 17.3. The summed E-state index contributed by atoms with van der Waals surface area (Å²) >= 11 is 12.0. The largest absolute Gasteiger partial charge is 0.326 e. The maximum Gasteiger partial charge on any atom is 0.243 e. The third kappa shape index (κ3) is 3.61. The number of nitrogens with one attached hydrogen (secondary N) is 1. The highest BCUT2D eigenvalue weighted by Crippen LogP contribution is 2.64. The molecule has 0 aliphatic heterocycles. The molecule has 1 N–H and O–H groups in total. The molecule has 3 rings (SSSR count). The van der Waals surface area contributed by atoms with E-state index >= 15 is 0 Å². The van der Waals surface area contributed by atoms with Crippen molar-refractivity contribution < 1.29 is 13.2 Å². The topological polar surface area (TPSA) is 66.5 Å². The van der Waals surface area contributed by atoms with Gasteiger partial charge in [-0.2, -0.15) is 4.31 Å². The van der Waals surface area contributed by atoms with Gasteiger partial charge in [-0.3, -0.25) is 4.79 Å². The van der Waals surface area contributed by atoms with Crippen LogP contribution < -0.4 is 5.32 Å². The Labute approximate surface area is 165 Å². The minimum atomic E-state index is -3.54. The van der Waals surface area contributed by atoms with E-state index in [2.05, 4.69) is 5.32 Å². The molecule has 0 saturated heterocycles. The SMILES string of the molecule is CN(C1CCCCC1)S(=O)(=O)c1ccc(NC(=O)[C@@]2(C)CC2(Cl)Cl)cc1. The van der Waals surface area contributed by atoms with E-state index in [0.717, 1.165) is 25.7 Å². The van der Waals surface area contributed by atoms with Gasteiger partial charge in [0.15, 0.2) is 0 Å². The molecule has 0 heterocycles. The van der Waals surface area contributed by atoms with Crippen LogP contribution in [0.5, 0.6) is 0 Å². The second kappa shape index (κ2) is 6.97. The average Bonchev–Trinajstić information content (AvgIpc) is 3.15. The van der Waals surface area contributed by atoms with Crippen molar-refractivity contribution in [2.45, 2.75) is 60.7 Å². The number of hydrogen-bond donors (Lipinski definition) is 1. The van der Waals surface area contributed by atoms with Crippen LogP contribution in [0.3, 0.4) is 0 Å². The van der Waals surface area contributed by atoms with Crippen molar-refractivity contribution in [1.29, 1.82) is 0 Å². The summed E-state index contributed by atoms with van der Waals surface area (Å²) in [6, 6.07) is 6.29. The average molecular weight is 419 g/mol. The normalized spacial score (nSPS) is 25.9. The highest BCUT2D eigenvalue weighted by atomic mass is 35.5. The lowest BCUT2D eigenvalue weighted by Crippen LogP contribution is -2.38. The fraction of sp³-hybridized carbons (Fsp3) is 0.611. The van der Waals surface area contributed by atoms with Gasteiger partial charge in [0, 0.05) is 18.8 Å². The van der Waals surface area contributed by atoms with E-state index in [-0.39, 0.29) is 16.8 Å². The number of carbonyl (C=O) groups is 1. The van der Waals surface area contributed by atoms with Crippen LogP contribution in [-0.2, 0) is 14.8 Å². The fourth-order valence-electron chi connectivity index (χ4n) is 3.43. The first-order chi connectivity index (χ1) is 12.1. The summed E-state index contributed by atoms with van der Waals surface area (Å²) in [5.41, 5.74) is -0.297. The van der Waals surface area contributed by atoms with Crippen molar-refractivity contribution in [3.63, 3.8) is 0 Å². The molecule has 2 aliphatic carbocycles. The molecule has 2 saturated carbocycles. The fourth-order valence-corrected chi connectivity index (χ4v) is 5.55. The minimum Gasteiger partial charge on any atom is -0.326 e. The van der Waals surface area contributed by atoms with E-state index in [1.807, 2.05) is 0 Å². The summed E-state index contributed by atoms with van der Waals surface area (Å²) in [5.74, 6) is -0.266. The monoisotopic (exact) mass is 418 g/mol. The van der Waals surface area contributed by atoms with Gasteiger partial charge in [0.05, 0.1) is 10.3 Å². The van der Waals surface area contributed by atoms with Crippen molar-refractivity contribution >= 4 is 44.8 Å². The highest BCUT2D eigenvalue weighted by molar-refractivity contribution is 7.89. The molecule has 0 radical (unpaired) electrons. The Bertz CT molecular complexity index is 789. The molecule has 2 aliphatic rings. The van der Waals surface area contributed by atoms with E-state index in [0.29, 0.717) is 12.1 Å². The summed E-state index contributed by atoms with van der Waals surface area (Å²) in [7, 11) is -1.89. The zero-order chi connectivity index (χ0) is 19.2. The Hall–Kier alpha value is -0.820. The van der Waals surface area contributed by atoms with Crippen LogP contribution in [0.15, 0.2) is 29.2 Å². The van der Waals surface area contributed by atoms with Crippen LogP contribution in [0.2, 0.25) is 0 Å². The number of halogens is 2. The van der Waals surface area contributed by atoms with E-state index < -0.39 is 19.8 Å². The van der Waals surface area contributed by atoms with Gasteiger partial charge in [-0.15, -0.1) is 23.2 Å². The standard InChI is InChI=1S/C18H24Cl2N2O3S/c1-17(12-18(17,19)20)16(23)21-13-8-10-15(11-9-13)26(24,25)22(2)14-6-4-3-5-7-14/h8-11,14H,3-7,12H2,1-2H3,(H,21,23)/t17-/m1/s1. The number of carbonyl (C=O) groups excluding carboxylic acids is 1. The first-order valence-electron chi connectivity index (χ1n) is 8.85. The quantitative estimate of drug-likeness (QED) is 0.729. The van der Waals surface area contributed by atoms with E-state index in [1.165, 1.54) is 22.9 Å². The maximum atomic E-state index is 12.8. The van der Waals surface area contributed by atoms with Crippen molar-refractivity contribution in [3.05, 3.63) is 24.3 Å². The Morgan fingerprint density at radius 1 is 1.15 bits per heavy atom. The van der Waals surface area contributed by atoms with E-state index in [4.69, 9.17) is 23.2 Å². The van der Waals surface area contributed by atoms with Crippen LogP contribution in [0.4, 0.5) is 5.69 Å². The minimum absolute atomic E-state index is 0.0588. The maximum absolute atomic E-state index is 12.8. The first-order valence-corrected chi connectivity index (χ1v) is 11.0. The predicted octanol–water partition coefficient (Wildman–Crippen LogP) is 4.16. The van der Waals surface area contributed by atoms with Crippen LogP contribution in [-0.4, -0.2) is 36.1 Å². The molecule has 144 valence electrons. The molecule has 0 aromatic heterocycles. The molecule has 1 atom stereocenters. The molecule has 0 unspecified atom stereocenters. The van der Waals surface area contributed by atoms with Gasteiger partial charge in [-0.25, -0.2) is 8.42 Å². The van der Waals surface area contributed by atoms with Crippen LogP contribution >= 0.6 is 23.2 Å². The van der Waals surface area contributed by atoms with Crippen molar-refractivity contribution in [2.24, 2.45) is 5.41 Å². The Balaban J connectivity index is 1.69. The van der Waals surface area contributed by atoms with Crippen LogP contribution in [0, 0.1) is 5.41 Å². The molecule has 8 heteroatoms. The molecule has 0 spiro atoms. The number of anilines is 1. The lowest BCUT2D eigenvalue weighted by Gasteiger charge is -2.30. The number of rotatable bonds is 5. The predicted molar refractivity (Wildman–Crippen MR) is 104 cm³/mol. The van der Waals surface area contributed by atoms with Gasteiger partial charge in [0.25, 0.3) is 0 Å². The molecule has 2 fully saturated rings. The Kier molecular flexibility index (Phi) is 5.34. The summed E-state index contributed by atoms with van der Waals surface area (Å²) in [5, 5.41) is 2.75. The molecule has 26 heavy (non-hydrogen) atoms. The number of sulfonamides is 1. The summed E-state index contributed by atoms with van der Waals surface area (Å²) in [4.78, 5) is 12.5. The van der Waals surface area contributed by atoms with Crippen molar-refractivity contribution in [2.75, 3.05) is 12.4 Å². The smallest absolute Gasteiger partial charge is 0.243 e. The highest BCUT2D eigenvalue weighted by Gasteiger charge is 2.67. The number of benzene rings is 1. The molecule has 1 aromatic carbocycles. The molecular formula is C18H24Cl2N2O3S. The van der Waals surface area contributed by atoms with Crippen LogP contribution in [0.1, 0.15) is 45.4 Å².